The van der Waals surface area contributed by atoms with Crippen LogP contribution in [0.5, 0.6) is 11.5 Å². The van der Waals surface area contributed by atoms with Crippen LogP contribution in [0.2, 0.25) is 0 Å². The summed E-state index contributed by atoms with van der Waals surface area (Å²) in [5.74, 6) is 1.90. The van der Waals surface area contributed by atoms with Crippen molar-refractivity contribution in [3.63, 3.8) is 0 Å². The van der Waals surface area contributed by atoms with Crippen molar-refractivity contribution in [1.82, 2.24) is 0 Å². The lowest BCUT2D eigenvalue weighted by Gasteiger charge is -2.19. The van der Waals surface area contributed by atoms with E-state index >= 15 is 0 Å². The predicted octanol–water partition coefficient (Wildman–Crippen LogP) is 3.14. The van der Waals surface area contributed by atoms with E-state index in [9.17, 15) is 4.79 Å². The van der Waals surface area contributed by atoms with Crippen molar-refractivity contribution in [3.05, 3.63) is 17.7 Å². The molecule has 2 aliphatic rings. The number of hydrogen-bond acceptors (Lipinski definition) is 4. The lowest BCUT2D eigenvalue weighted by Crippen LogP contribution is -2.29. The first-order valence-corrected chi connectivity index (χ1v) is 8.59. The summed E-state index contributed by atoms with van der Waals surface area (Å²) in [6.45, 7) is 5.12. The van der Waals surface area contributed by atoms with E-state index in [0.717, 1.165) is 42.7 Å². The third-order valence-electron chi connectivity index (χ3n) is 4.85. The Labute approximate surface area is 149 Å². The number of carbonyl (C=O) groups excluding carboxylic acids is 1. The van der Waals surface area contributed by atoms with Gasteiger partial charge in [-0.15, -0.1) is 12.4 Å². The second kappa shape index (κ2) is 8.08. The fraction of sp³-hybridized carbons (Fsp3) is 0.611. The van der Waals surface area contributed by atoms with Gasteiger partial charge in [-0.1, -0.05) is 6.42 Å². The molecule has 1 saturated carbocycles. The van der Waals surface area contributed by atoms with Gasteiger partial charge < -0.3 is 20.5 Å². The SMILES string of the molecule is CCOc1cc2c(cc1NC(=O)[C@@H]1CCC[C@@H]1CN)OC(C)C2.Cl. The lowest BCUT2D eigenvalue weighted by atomic mass is 9.95. The van der Waals surface area contributed by atoms with Crippen molar-refractivity contribution in [2.45, 2.75) is 45.6 Å². The van der Waals surface area contributed by atoms with Crippen LogP contribution < -0.4 is 20.5 Å². The van der Waals surface area contributed by atoms with Crippen molar-refractivity contribution >= 4 is 24.0 Å². The van der Waals surface area contributed by atoms with Crippen LogP contribution in [-0.2, 0) is 11.2 Å². The molecule has 0 saturated heterocycles. The van der Waals surface area contributed by atoms with Gasteiger partial charge in [0, 0.05) is 24.0 Å². The first-order chi connectivity index (χ1) is 11.1. The topological polar surface area (TPSA) is 73.6 Å². The van der Waals surface area contributed by atoms with Crippen molar-refractivity contribution in [2.75, 3.05) is 18.5 Å². The van der Waals surface area contributed by atoms with Crippen molar-refractivity contribution in [2.24, 2.45) is 17.6 Å². The van der Waals surface area contributed by atoms with Gasteiger partial charge in [0.2, 0.25) is 5.91 Å². The standard InChI is InChI=1S/C18H26N2O3.ClH/c1-3-22-17-8-13-7-11(2)23-16(13)9-15(17)20-18(21)14-6-4-5-12(14)10-19;/h8-9,11-12,14H,3-7,10,19H2,1-2H3,(H,20,21);1H/t11?,12-,14-;/m1./s1. The molecule has 24 heavy (non-hydrogen) atoms. The molecule has 1 aromatic carbocycles. The van der Waals surface area contributed by atoms with Crippen LogP contribution in [0, 0.1) is 11.8 Å². The van der Waals surface area contributed by atoms with E-state index in [4.69, 9.17) is 15.2 Å². The van der Waals surface area contributed by atoms with Gasteiger partial charge in [0.15, 0.2) is 0 Å². The highest BCUT2D eigenvalue weighted by Gasteiger charge is 2.32. The largest absolute Gasteiger partial charge is 0.492 e. The van der Waals surface area contributed by atoms with E-state index in [1.54, 1.807) is 0 Å². The highest BCUT2D eigenvalue weighted by atomic mass is 35.5. The second-order valence-electron chi connectivity index (χ2n) is 6.54. The van der Waals surface area contributed by atoms with Crippen LogP contribution in [0.15, 0.2) is 12.1 Å². The van der Waals surface area contributed by atoms with Crippen LogP contribution in [0.4, 0.5) is 5.69 Å². The number of anilines is 1. The molecule has 1 aromatic rings. The van der Waals surface area contributed by atoms with Crippen LogP contribution in [0.3, 0.4) is 0 Å². The Morgan fingerprint density at radius 1 is 1.42 bits per heavy atom. The van der Waals surface area contributed by atoms with E-state index < -0.39 is 0 Å². The number of benzene rings is 1. The van der Waals surface area contributed by atoms with Gasteiger partial charge in [-0.2, -0.15) is 0 Å². The maximum Gasteiger partial charge on any atom is 0.227 e. The normalized spacial score (nSPS) is 24.7. The molecular weight excluding hydrogens is 328 g/mol. The molecule has 3 N–H and O–H groups in total. The first-order valence-electron chi connectivity index (χ1n) is 8.59. The number of carbonyl (C=O) groups is 1. The number of halogens is 1. The monoisotopic (exact) mass is 354 g/mol. The summed E-state index contributed by atoms with van der Waals surface area (Å²) in [6.07, 6.45) is 4.07. The molecule has 1 aliphatic heterocycles. The Morgan fingerprint density at radius 3 is 2.92 bits per heavy atom. The van der Waals surface area contributed by atoms with E-state index in [1.165, 1.54) is 0 Å². The maximum absolute atomic E-state index is 12.6. The molecule has 1 unspecified atom stereocenters. The molecule has 1 heterocycles. The summed E-state index contributed by atoms with van der Waals surface area (Å²) in [5, 5.41) is 3.05. The minimum absolute atomic E-state index is 0. The summed E-state index contributed by atoms with van der Waals surface area (Å²) in [6, 6.07) is 3.89. The molecule has 5 nitrogen and oxygen atoms in total. The smallest absolute Gasteiger partial charge is 0.227 e. The summed E-state index contributed by atoms with van der Waals surface area (Å²) in [7, 11) is 0. The van der Waals surface area contributed by atoms with Gasteiger partial charge >= 0.3 is 0 Å². The highest BCUT2D eigenvalue weighted by Crippen LogP contribution is 2.39. The van der Waals surface area contributed by atoms with Gasteiger partial charge in [-0.3, -0.25) is 4.79 Å². The molecule has 3 atom stereocenters. The average molecular weight is 355 g/mol. The third-order valence-corrected chi connectivity index (χ3v) is 4.85. The minimum Gasteiger partial charge on any atom is -0.492 e. The summed E-state index contributed by atoms with van der Waals surface area (Å²) in [4.78, 5) is 12.6. The maximum atomic E-state index is 12.6. The Morgan fingerprint density at radius 2 is 2.21 bits per heavy atom. The summed E-state index contributed by atoms with van der Waals surface area (Å²) < 4.78 is 11.5. The quantitative estimate of drug-likeness (QED) is 0.851. The van der Waals surface area contributed by atoms with Gasteiger partial charge in [-0.25, -0.2) is 0 Å². The third kappa shape index (κ3) is 3.78. The molecule has 1 aliphatic carbocycles. The van der Waals surface area contributed by atoms with Crippen molar-refractivity contribution in [3.8, 4) is 11.5 Å². The fourth-order valence-corrected chi connectivity index (χ4v) is 3.70. The van der Waals surface area contributed by atoms with E-state index in [0.29, 0.717) is 18.8 Å². The van der Waals surface area contributed by atoms with Crippen LogP contribution >= 0.6 is 12.4 Å². The fourth-order valence-electron chi connectivity index (χ4n) is 3.70. The van der Waals surface area contributed by atoms with Gasteiger partial charge in [0.1, 0.15) is 17.6 Å². The zero-order chi connectivity index (χ0) is 16.4. The molecule has 6 heteroatoms. The molecule has 0 spiro atoms. The molecule has 0 aromatic heterocycles. The average Bonchev–Trinajstić information content (AvgIpc) is 3.12. The molecule has 0 radical (unpaired) electrons. The van der Waals surface area contributed by atoms with Gasteiger partial charge in [-0.05, 0) is 45.2 Å². The Hall–Kier alpha value is -1.46. The van der Waals surface area contributed by atoms with Crippen LogP contribution in [-0.4, -0.2) is 25.2 Å². The van der Waals surface area contributed by atoms with Crippen LogP contribution in [0.25, 0.3) is 0 Å². The molecule has 3 rings (SSSR count). The molecule has 1 fully saturated rings. The number of ether oxygens (including phenoxy) is 2. The molecule has 1 amide bonds. The number of nitrogens with two attached hydrogens (primary N) is 1. The number of nitrogens with one attached hydrogen (secondary N) is 1. The molecule has 134 valence electrons. The number of fused-ring (bicyclic) bond motifs is 1. The zero-order valence-electron chi connectivity index (χ0n) is 14.3. The highest BCUT2D eigenvalue weighted by molar-refractivity contribution is 5.94. The number of hydrogen-bond donors (Lipinski definition) is 2. The van der Waals surface area contributed by atoms with E-state index in [2.05, 4.69) is 5.32 Å². The zero-order valence-corrected chi connectivity index (χ0v) is 15.2. The Balaban J connectivity index is 0.00000208. The van der Waals surface area contributed by atoms with Crippen molar-refractivity contribution < 1.29 is 14.3 Å². The van der Waals surface area contributed by atoms with E-state index in [1.807, 2.05) is 26.0 Å². The first kappa shape index (κ1) is 18.9. The predicted molar refractivity (Wildman–Crippen MR) is 97.2 cm³/mol. The van der Waals surface area contributed by atoms with Crippen LogP contribution in [0.1, 0.15) is 38.7 Å². The number of rotatable bonds is 5. The van der Waals surface area contributed by atoms with Crippen molar-refractivity contribution in [1.29, 1.82) is 0 Å². The van der Waals surface area contributed by atoms with E-state index in [-0.39, 0.29) is 36.3 Å². The second-order valence-corrected chi connectivity index (χ2v) is 6.54. The van der Waals surface area contributed by atoms with Gasteiger partial charge in [0.25, 0.3) is 0 Å². The number of amides is 1. The summed E-state index contributed by atoms with van der Waals surface area (Å²) >= 11 is 0. The summed E-state index contributed by atoms with van der Waals surface area (Å²) in [5.41, 5.74) is 7.64. The minimum atomic E-state index is 0. The molecule has 0 bridgehead atoms. The molecular formula is C18H27ClN2O3. The Kier molecular flexibility index (Phi) is 6.35. The Bertz CT molecular complexity index is 594. The van der Waals surface area contributed by atoms with Gasteiger partial charge in [0.05, 0.1) is 12.3 Å². The lowest BCUT2D eigenvalue weighted by molar-refractivity contribution is -0.120.